The highest BCUT2D eigenvalue weighted by Crippen LogP contribution is 2.44. The smallest absolute Gasteiger partial charge is 0.0367 e. The first-order valence-electron chi connectivity index (χ1n) is 14.2. The van der Waals surface area contributed by atoms with E-state index >= 15 is 0 Å². The predicted octanol–water partition coefficient (Wildman–Crippen LogP) is 12.0. The lowest BCUT2D eigenvalue weighted by Gasteiger charge is -2.15. The summed E-state index contributed by atoms with van der Waals surface area (Å²) in [6, 6.07) is 50.1. The monoisotopic (exact) mass is 534 g/mol. The van der Waals surface area contributed by atoms with Gasteiger partial charge in [-0.25, -0.2) is 0 Å². The molecule has 0 radical (unpaired) electrons. The molecule has 0 unspecified atom stereocenters. The van der Waals surface area contributed by atoms with Crippen LogP contribution < -0.4 is 0 Å². The maximum atomic E-state index is 2.38. The zero-order chi connectivity index (χ0) is 26.7. The van der Waals surface area contributed by atoms with Crippen molar-refractivity contribution in [3.63, 3.8) is 0 Å². The van der Waals surface area contributed by atoms with Gasteiger partial charge in [0.2, 0.25) is 0 Å². The van der Waals surface area contributed by atoms with Crippen molar-refractivity contribution < 1.29 is 0 Å². The molecule has 0 N–H and O–H groups in total. The lowest BCUT2D eigenvalue weighted by molar-refractivity contribution is 1.68. The van der Waals surface area contributed by atoms with Crippen molar-refractivity contribution in [2.45, 2.75) is 0 Å². The van der Waals surface area contributed by atoms with Crippen molar-refractivity contribution in [2.75, 3.05) is 0 Å². The van der Waals surface area contributed by atoms with Gasteiger partial charge in [0.1, 0.15) is 0 Å². The van der Waals surface area contributed by atoms with E-state index in [4.69, 9.17) is 0 Å². The van der Waals surface area contributed by atoms with Gasteiger partial charge in [0.05, 0.1) is 0 Å². The minimum Gasteiger partial charge on any atom is -0.135 e. The fourth-order valence-electron chi connectivity index (χ4n) is 7.21. The van der Waals surface area contributed by atoms with Crippen molar-refractivity contribution in [1.82, 2.24) is 0 Å². The molecular formula is C40H22S. The third kappa shape index (κ3) is 2.99. The van der Waals surface area contributed by atoms with E-state index in [9.17, 15) is 0 Å². The first kappa shape index (κ1) is 21.8. The van der Waals surface area contributed by atoms with Crippen LogP contribution in [0, 0.1) is 0 Å². The zero-order valence-electron chi connectivity index (χ0n) is 22.1. The Morgan fingerprint density at radius 1 is 0.317 bits per heavy atom. The number of fused-ring (bicyclic) bond motifs is 1. The molecule has 1 heterocycles. The first-order valence-corrected chi connectivity index (χ1v) is 15.0. The quantitative estimate of drug-likeness (QED) is 0.193. The fraction of sp³-hybridized carbons (Fsp3) is 0. The van der Waals surface area contributed by atoms with Crippen molar-refractivity contribution in [2.24, 2.45) is 0 Å². The SMILES string of the molecule is c1cc2ccc3cccc4c(-c5ccc6cc(-c7cc8ccc9cccc%10sc(c7)c8c9%10)ccc6c5)cc(c1)c2c34. The summed E-state index contributed by atoms with van der Waals surface area (Å²) in [4.78, 5) is 0. The Bertz CT molecular complexity index is 2630. The lowest BCUT2D eigenvalue weighted by Crippen LogP contribution is -1.88. The molecule has 0 aliphatic heterocycles. The van der Waals surface area contributed by atoms with E-state index in [1.807, 2.05) is 11.3 Å². The van der Waals surface area contributed by atoms with Gasteiger partial charge >= 0.3 is 0 Å². The third-order valence-corrected chi connectivity index (χ3v) is 10.2. The summed E-state index contributed by atoms with van der Waals surface area (Å²) >= 11 is 1.91. The van der Waals surface area contributed by atoms with Gasteiger partial charge in [-0.2, -0.15) is 0 Å². The molecule has 0 atom stereocenters. The molecule has 10 aromatic rings. The highest BCUT2D eigenvalue weighted by atomic mass is 32.1. The average molecular weight is 535 g/mol. The molecule has 0 saturated heterocycles. The van der Waals surface area contributed by atoms with E-state index in [0.29, 0.717) is 0 Å². The maximum absolute atomic E-state index is 2.38. The molecule has 0 fully saturated rings. The van der Waals surface area contributed by atoms with Crippen molar-refractivity contribution >= 4 is 85.4 Å². The standard InChI is InChI=1S/C40H22S/c1-4-23-10-11-24-5-2-8-33-34(21-30(7-1)37(23)38(24)33)29-16-15-26-18-28(14-13-27(26)19-29)32-20-31-17-12-25-6-3-9-35-39(25)40(31)36(22-32)41-35/h1-22H. The molecule has 0 amide bonds. The second-order valence-electron chi connectivity index (χ2n) is 11.3. The van der Waals surface area contributed by atoms with Gasteiger partial charge in [0, 0.05) is 20.2 Å². The molecule has 0 saturated carbocycles. The van der Waals surface area contributed by atoms with Crippen LogP contribution in [0.1, 0.15) is 0 Å². The van der Waals surface area contributed by atoms with Gasteiger partial charge in [0.25, 0.3) is 0 Å². The molecule has 0 aliphatic rings. The third-order valence-electron chi connectivity index (χ3n) is 9.10. The van der Waals surface area contributed by atoms with Crippen LogP contribution >= 0.6 is 11.3 Å². The molecular weight excluding hydrogens is 513 g/mol. The van der Waals surface area contributed by atoms with Gasteiger partial charge < -0.3 is 0 Å². The fourth-order valence-corrected chi connectivity index (χ4v) is 8.43. The highest BCUT2D eigenvalue weighted by molar-refractivity contribution is 7.26. The summed E-state index contributed by atoms with van der Waals surface area (Å²) in [5, 5.41) is 16.0. The molecule has 1 heteroatoms. The Balaban J connectivity index is 1.14. The van der Waals surface area contributed by atoms with Crippen molar-refractivity contribution in [1.29, 1.82) is 0 Å². The van der Waals surface area contributed by atoms with Crippen LogP contribution in [0.5, 0.6) is 0 Å². The van der Waals surface area contributed by atoms with Gasteiger partial charge in [-0.15, -0.1) is 11.3 Å². The van der Waals surface area contributed by atoms with Crippen LogP contribution in [-0.4, -0.2) is 0 Å². The van der Waals surface area contributed by atoms with Crippen LogP contribution in [0.25, 0.3) is 96.3 Å². The van der Waals surface area contributed by atoms with Crippen molar-refractivity contribution in [3.05, 3.63) is 133 Å². The Labute approximate surface area is 240 Å². The van der Waals surface area contributed by atoms with E-state index in [0.717, 1.165) is 0 Å². The normalized spacial score (nSPS) is 12.4. The Morgan fingerprint density at radius 2 is 0.878 bits per heavy atom. The molecule has 9 aromatic carbocycles. The van der Waals surface area contributed by atoms with Gasteiger partial charge in [0.15, 0.2) is 0 Å². The largest absolute Gasteiger partial charge is 0.135 e. The number of thiophene rings is 1. The maximum Gasteiger partial charge on any atom is 0.0367 e. The summed E-state index contributed by atoms with van der Waals surface area (Å²) in [5.74, 6) is 0. The number of hydrogen-bond donors (Lipinski definition) is 0. The van der Waals surface area contributed by atoms with Gasteiger partial charge in [-0.3, -0.25) is 0 Å². The Morgan fingerprint density at radius 3 is 1.73 bits per heavy atom. The minimum atomic E-state index is 1.27. The number of hydrogen-bond acceptors (Lipinski definition) is 1. The van der Waals surface area contributed by atoms with E-state index in [1.54, 1.807) is 0 Å². The van der Waals surface area contributed by atoms with Gasteiger partial charge in [-0.1, -0.05) is 97.1 Å². The second-order valence-corrected chi connectivity index (χ2v) is 12.4. The van der Waals surface area contributed by atoms with Crippen LogP contribution in [0.2, 0.25) is 0 Å². The predicted molar refractivity (Wildman–Crippen MR) is 180 cm³/mol. The molecule has 188 valence electrons. The summed E-state index contributed by atoms with van der Waals surface area (Å²) in [6.07, 6.45) is 0. The number of benzene rings is 9. The Kier molecular flexibility index (Phi) is 4.15. The minimum absolute atomic E-state index is 1.27. The summed E-state index contributed by atoms with van der Waals surface area (Å²) < 4.78 is 2.74. The zero-order valence-corrected chi connectivity index (χ0v) is 22.9. The van der Waals surface area contributed by atoms with E-state index in [2.05, 4.69) is 133 Å². The topological polar surface area (TPSA) is 0 Å². The Hall–Kier alpha value is -4.98. The van der Waals surface area contributed by atoms with Crippen LogP contribution in [0.3, 0.4) is 0 Å². The molecule has 0 nitrogen and oxygen atoms in total. The highest BCUT2D eigenvalue weighted by Gasteiger charge is 2.15. The summed E-state index contributed by atoms with van der Waals surface area (Å²) in [5.41, 5.74) is 5.11. The summed E-state index contributed by atoms with van der Waals surface area (Å²) in [7, 11) is 0. The summed E-state index contributed by atoms with van der Waals surface area (Å²) in [6.45, 7) is 0. The van der Waals surface area contributed by atoms with Gasteiger partial charge in [-0.05, 0) is 113 Å². The van der Waals surface area contributed by atoms with E-state index in [1.165, 1.54) is 96.3 Å². The number of rotatable bonds is 2. The first-order chi connectivity index (χ1) is 20.3. The molecule has 10 rings (SSSR count). The lowest BCUT2D eigenvalue weighted by atomic mass is 9.88. The second kappa shape index (κ2) is 7.81. The van der Waals surface area contributed by atoms with E-state index < -0.39 is 0 Å². The van der Waals surface area contributed by atoms with E-state index in [-0.39, 0.29) is 0 Å². The van der Waals surface area contributed by atoms with Crippen LogP contribution in [0.4, 0.5) is 0 Å². The molecule has 1 aromatic heterocycles. The van der Waals surface area contributed by atoms with Crippen molar-refractivity contribution in [3.8, 4) is 22.3 Å². The van der Waals surface area contributed by atoms with Crippen LogP contribution in [-0.2, 0) is 0 Å². The molecule has 0 spiro atoms. The van der Waals surface area contributed by atoms with Crippen LogP contribution in [0.15, 0.2) is 133 Å². The molecule has 0 aliphatic carbocycles. The average Bonchev–Trinajstić information content (AvgIpc) is 3.41. The molecule has 41 heavy (non-hydrogen) atoms. The molecule has 0 bridgehead atoms.